The van der Waals surface area contributed by atoms with E-state index < -0.39 is 17.9 Å². The van der Waals surface area contributed by atoms with Crippen LogP contribution in [0.15, 0.2) is 48.5 Å². The topological polar surface area (TPSA) is 73.9 Å². The summed E-state index contributed by atoms with van der Waals surface area (Å²) in [4.78, 5) is 24.9. The Morgan fingerprint density at radius 3 is 2.35 bits per heavy atom. The highest BCUT2D eigenvalue weighted by Crippen LogP contribution is 2.36. The molecule has 0 saturated carbocycles. The van der Waals surface area contributed by atoms with Crippen molar-refractivity contribution in [1.82, 2.24) is 5.32 Å². The summed E-state index contributed by atoms with van der Waals surface area (Å²) < 4.78 is 16.5. The molecule has 1 saturated heterocycles. The quantitative estimate of drug-likeness (QED) is 0.461. The molecule has 182 valence electrons. The first-order valence-corrected chi connectivity index (χ1v) is 12.0. The molecule has 3 rings (SSSR count). The van der Waals surface area contributed by atoms with Gasteiger partial charge in [0.1, 0.15) is 6.04 Å². The maximum atomic E-state index is 12.7. The van der Waals surface area contributed by atoms with Crippen LogP contribution >= 0.6 is 23.2 Å². The lowest BCUT2D eigenvalue weighted by atomic mass is 9.85. The zero-order chi connectivity index (χ0) is 24.6. The molecule has 0 bridgehead atoms. The lowest BCUT2D eigenvalue weighted by Crippen LogP contribution is -2.41. The van der Waals surface area contributed by atoms with Gasteiger partial charge in [-0.15, -0.1) is 0 Å². The number of carbonyl (C=O) groups is 2. The van der Waals surface area contributed by atoms with E-state index in [2.05, 4.69) is 17.4 Å². The van der Waals surface area contributed by atoms with Gasteiger partial charge in [0.25, 0.3) is 5.91 Å². The SMILES string of the molecule is CCOC1(c2ccc(C=CCC(NC(=O)c3c(Cl)cccc3Cl)C(=O)OC)cc2)CCOCC1. The largest absolute Gasteiger partial charge is 0.467 e. The number of halogens is 2. The predicted octanol–water partition coefficient (Wildman–Crippen LogP) is 5.41. The van der Waals surface area contributed by atoms with Crippen LogP contribution in [0.3, 0.4) is 0 Å². The minimum atomic E-state index is -0.885. The minimum absolute atomic E-state index is 0.121. The molecule has 1 N–H and O–H groups in total. The molecule has 1 heterocycles. The van der Waals surface area contributed by atoms with Gasteiger partial charge in [0, 0.05) is 32.7 Å². The maximum absolute atomic E-state index is 12.7. The van der Waals surface area contributed by atoms with Crippen LogP contribution in [0.1, 0.15) is 47.7 Å². The van der Waals surface area contributed by atoms with Crippen LogP contribution in [0.4, 0.5) is 0 Å². The molecule has 6 nitrogen and oxygen atoms in total. The van der Waals surface area contributed by atoms with E-state index in [1.807, 2.05) is 31.2 Å². The van der Waals surface area contributed by atoms with Gasteiger partial charge in [-0.25, -0.2) is 4.79 Å². The van der Waals surface area contributed by atoms with Crippen LogP contribution in [-0.2, 0) is 24.6 Å². The second-order valence-electron chi connectivity index (χ2n) is 7.95. The van der Waals surface area contributed by atoms with Crippen molar-refractivity contribution < 1.29 is 23.8 Å². The van der Waals surface area contributed by atoms with Crippen molar-refractivity contribution in [3.8, 4) is 0 Å². The van der Waals surface area contributed by atoms with E-state index >= 15 is 0 Å². The number of hydrogen-bond donors (Lipinski definition) is 1. The van der Waals surface area contributed by atoms with E-state index in [4.69, 9.17) is 37.4 Å². The second kappa shape index (κ2) is 12.4. The van der Waals surface area contributed by atoms with Gasteiger partial charge in [0.2, 0.25) is 0 Å². The predicted molar refractivity (Wildman–Crippen MR) is 133 cm³/mol. The number of esters is 1. The van der Waals surface area contributed by atoms with Crippen molar-refractivity contribution >= 4 is 41.2 Å². The lowest BCUT2D eigenvalue weighted by molar-refractivity contribution is -0.142. The maximum Gasteiger partial charge on any atom is 0.328 e. The number of carbonyl (C=O) groups excluding carboxylic acids is 2. The number of rotatable bonds is 9. The molecule has 8 heteroatoms. The van der Waals surface area contributed by atoms with Gasteiger partial charge < -0.3 is 19.5 Å². The van der Waals surface area contributed by atoms with Crippen LogP contribution in [0.5, 0.6) is 0 Å². The van der Waals surface area contributed by atoms with Gasteiger partial charge in [-0.1, -0.05) is 65.7 Å². The first-order valence-electron chi connectivity index (χ1n) is 11.2. The molecular weight excluding hydrogens is 477 g/mol. The van der Waals surface area contributed by atoms with Crippen molar-refractivity contribution in [3.05, 3.63) is 75.3 Å². The van der Waals surface area contributed by atoms with Gasteiger partial charge in [-0.3, -0.25) is 4.79 Å². The normalized spacial score (nSPS) is 16.2. The summed E-state index contributed by atoms with van der Waals surface area (Å²) in [6, 6.07) is 12.0. The van der Waals surface area contributed by atoms with E-state index in [1.54, 1.807) is 18.2 Å². The fourth-order valence-electron chi connectivity index (χ4n) is 4.03. The van der Waals surface area contributed by atoms with Crippen LogP contribution in [-0.4, -0.2) is 44.8 Å². The first-order chi connectivity index (χ1) is 16.4. The summed E-state index contributed by atoms with van der Waals surface area (Å²) in [6.45, 7) is 4.01. The van der Waals surface area contributed by atoms with E-state index in [-0.39, 0.29) is 27.6 Å². The zero-order valence-electron chi connectivity index (χ0n) is 19.3. The molecule has 1 aliphatic heterocycles. The summed E-state index contributed by atoms with van der Waals surface area (Å²) in [5.41, 5.74) is 1.91. The molecule has 1 amide bonds. The molecule has 1 unspecified atom stereocenters. The van der Waals surface area contributed by atoms with E-state index in [0.717, 1.165) is 24.0 Å². The third-order valence-electron chi connectivity index (χ3n) is 5.82. The average molecular weight is 506 g/mol. The molecule has 2 aromatic carbocycles. The molecular formula is C26H29Cl2NO5. The Morgan fingerprint density at radius 2 is 1.76 bits per heavy atom. The third-order valence-corrected chi connectivity index (χ3v) is 6.45. The molecule has 34 heavy (non-hydrogen) atoms. The molecule has 0 aromatic heterocycles. The molecule has 1 atom stereocenters. The summed E-state index contributed by atoms with van der Waals surface area (Å²) in [5, 5.41) is 3.08. The van der Waals surface area contributed by atoms with Gasteiger partial charge in [-0.05, 0) is 36.6 Å². The van der Waals surface area contributed by atoms with E-state index in [9.17, 15) is 9.59 Å². The molecule has 0 spiro atoms. The van der Waals surface area contributed by atoms with Crippen LogP contribution in [0.25, 0.3) is 6.08 Å². The van der Waals surface area contributed by atoms with Gasteiger partial charge >= 0.3 is 5.97 Å². The number of nitrogens with one attached hydrogen (secondary N) is 1. The van der Waals surface area contributed by atoms with Gasteiger partial charge in [0.05, 0.1) is 28.3 Å². The number of hydrogen-bond acceptors (Lipinski definition) is 5. The fraction of sp³-hybridized carbons (Fsp3) is 0.385. The van der Waals surface area contributed by atoms with Crippen molar-refractivity contribution in [1.29, 1.82) is 0 Å². The lowest BCUT2D eigenvalue weighted by Gasteiger charge is -2.37. The fourth-order valence-corrected chi connectivity index (χ4v) is 4.60. The standard InChI is InChI=1S/C26H29Cl2NO5/c1-3-34-26(14-16-33-17-15-26)19-12-10-18(11-13-19)6-4-9-22(25(31)32-2)29-24(30)23-20(27)7-5-8-21(23)28/h4-8,10-13,22H,3,9,14-17H2,1-2H3,(H,29,30). The minimum Gasteiger partial charge on any atom is -0.467 e. The van der Waals surface area contributed by atoms with Gasteiger partial charge in [-0.2, -0.15) is 0 Å². The summed E-state index contributed by atoms with van der Waals surface area (Å²) in [7, 11) is 1.27. The number of amides is 1. The smallest absolute Gasteiger partial charge is 0.328 e. The summed E-state index contributed by atoms with van der Waals surface area (Å²) in [5.74, 6) is -1.10. The number of benzene rings is 2. The van der Waals surface area contributed by atoms with Crippen LogP contribution in [0.2, 0.25) is 10.0 Å². The molecule has 0 radical (unpaired) electrons. The van der Waals surface area contributed by atoms with Crippen LogP contribution in [0, 0.1) is 0 Å². The molecule has 1 aliphatic rings. The Kier molecular flexibility index (Phi) is 9.54. The van der Waals surface area contributed by atoms with Crippen LogP contribution < -0.4 is 5.32 Å². The Morgan fingerprint density at radius 1 is 1.12 bits per heavy atom. The van der Waals surface area contributed by atoms with Crippen molar-refractivity contribution in [3.63, 3.8) is 0 Å². The zero-order valence-corrected chi connectivity index (χ0v) is 20.8. The monoisotopic (exact) mass is 505 g/mol. The Balaban J connectivity index is 1.68. The van der Waals surface area contributed by atoms with Crippen molar-refractivity contribution in [2.45, 2.75) is 37.8 Å². The highest BCUT2D eigenvalue weighted by Gasteiger charge is 2.35. The van der Waals surface area contributed by atoms with E-state index in [1.165, 1.54) is 7.11 Å². The highest BCUT2D eigenvalue weighted by atomic mass is 35.5. The van der Waals surface area contributed by atoms with E-state index in [0.29, 0.717) is 19.8 Å². The molecule has 0 aliphatic carbocycles. The first kappa shape index (κ1) is 26.2. The molecule has 2 aromatic rings. The highest BCUT2D eigenvalue weighted by molar-refractivity contribution is 6.39. The summed E-state index contributed by atoms with van der Waals surface area (Å²) in [6.07, 6.45) is 5.60. The van der Waals surface area contributed by atoms with Gasteiger partial charge in [0.15, 0.2) is 0 Å². The average Bonchev–Trinajstić information content (AvgIpc) is 2.84. The third kappa shape index (κ3) is 6.39. The summed E-state index contributed by atoms with van der Waals surface area (Å²) >= 11 is 12.2. The Hall–Kier alpha value is -2.38. The molecule has 1 fully saturated rings. The number of methoxy groups -OCH3 is 1. The van der Waals surface area contributed by atoms with Crippen molar-refractivity contribution in [2.24, 2.45) is 0 Å². The van der Waals surface area contributed by atoms with Crippen molar-refractivity contribution in [2.75, 3.05) is 26.9 Å². The Labute approximate surface area is 210 Å². The number of ether oxygens (including phenoxy) is 3. The Bertz CT molecular complexity index is 991. The second-order valence-corrected chi connectivity index (χ2v) is 8.76.